The maximum atomic E-state index is 13.8. The molecule has 0 radical (unpaired) electrons. The van der Waals surface area contributed by atoms with E-state index in [0.717, 1.165) is 22.5 Å². The van der Waals surface area contributed by atoms with Crippen molar-refractivity contribution in [3.8, 4) is 22.3 Å². The molecule has 1 aliphatic heterocycles. The Morgan fingerprint density at radius 3 is 1.08 bits per heavy atom. The van der Waals surface area contributed by atoms with E-state index in [1.807, 2.05) is 24.3 Å². The monoisotopic (exact) mass is 686 g/mol. The summed E-state index contributed by atoms with van der Waals surface area (Å²) in [6, 6.07) is 26.6. The highest BCUT2D eigenvalue weighted by Crippen LogP contribution is 2.64. The number of hydrogen-bond acceptors (Lipinski definition) is 3. The van der Waals surface area contributed by atoms with Crippen LogP contribution < -0.4 is 10.6 Å². The molecule has 264 valence electrons. The number of nitrogens with one attached hydrogen (secondary N) is 2. The van der Waals surface area contributed by atoms with Crippen LogP contribution in [0.25, 0.3) is 22.3 Å². The molecule has 6 aliphatic carbocycles. The fourth-order valence-electron chi connectivity index (χ4n) is 13.3. The molecule has 1 heterocycles. The fraction of sp³-hybridized carbons (Fsp3) is 0.458. The van der Waals surface area contributed by atoms with E-state index in [0.29, 0.717) is 32.8 Å². The lowest BCUT2D eigenvalue weighted by Crippen LogP contribution is -2.33. The second-order valence-corrected chi connectivity index (χ2v) is 18.3. The number of carbonyl (C=O) groups excluding carboxylic acids is 2. The van der Waals surface area contributed by atoms with Crippen molar-refractivity contribution >= 4 is 23.2 Å². The number of amides is 2. The van der Waals surface area contributed by atoms with Gasteiger partial charge in [0.2, 0.25) is 0 Å². The van der Waals surface area contributed by atoms with Gasteiger partial charge >= 0.3 is 0 Å². The predicted molar refractivity (Wildman–Crippen MR) is 209 cm³/mol. The second-order valence-electron chi connectivity index (χ2n) is 18.3. The van der Waals surface area contributed by atoms with Crippen LogP contribution >= 0.6 is 0 Å². The highest BCUT2D eigenvalue weighted by atomic mass is 16.2. The predicted octanol–water partition coefficient (Wildman–Crippen LogP) is 11.7. The maximum Gasteiger partial charge on any atom is 0.260 e. The molecule has 11 rings (SSSR count). The smallest absolute Gasteiger partial charge is 0.260 e. The fourth-order valence-corrected chi connectivity index (χ4v) is 13.3. The van der Waals surface area contributed by atoms with Crippen LogP contribution in [0, 0.1) is 0 Å². The van der Waals surface area contributed by atoms with Gasteiger partial charge in [-0.05, 0) is 155 Å². The lowest BCUT2D eigenvalue weighted by molar-refractivity contribution is 0.0849. The van der Waals surface area contributed by atoms with Gasteiger partial charge in [0.25, 0.3) is 11.8 Å². The van der Waals surface area contributed by atoms with Gasteiger partial charge in [-0.15, -0.1) is 0 Å². The van der Waals surface area contributed by atoms with E-state index in [4.69, 9.17) is 0 Å². The van der Waals surface area contributed by atoms with E-state index in [9.17, 15) is 9.59 Å². The van der Waals surface area contributed by atoms with E-state index in [-0.39, 0.29) is 11.8 Å². The third-order valence-corrected chi connectivity index (χ3v) is 15.6. The van der Waals surface area contributed by atoms with Crippen LogP contribution in [0.15, 0.2) is 72.8 Å². The Morgan fingerprint density at radius 1 is 0.365 bits per heavy atom. The summed E-state index contributed by atoms with van der Waals surface area (Å²) in [6.45, 7) is 0. The zero-order valence-electron chi connectivity index (χ0n) is 30.5. The minimum Gasteiger partial charge on any atom is -0.354 e. The van der Waals surface area contributed by atoms with E-state index in [1.54, 1.807) is 22.3 Å². The van der Waals surface area contributed by atoms with Gasteiger partial charge in [0.15, 0.2) is 0 Å². The van der Waals surface area contributed by atoms with Crippen molar-refractivity contribution in [3.05, 3.63) is 106 Å². The number of hydrogen-bond donors (Lipinski definition) is 2. The van der Waals surface area contributed by atoms with Crippen LogP contribution in [0.1, 0.15) is 159 Å². The number of anilines is 2. The molecule has 4 aromatic carbocycles. The highest BCUT2D eigenvalue weighted by molar-refractivity contribution is 6.16. The Kier molecular flexibility index (Phi) is 6.73. The Balaban J connectivity index is 0.930. The molecule has 2 N–H and O–H groups in total. The van der Waals surface area contributed by atoms with E-state index in [1.165, 1.54) is 127 Å². The summed E-state index contributed by atoms with van der Waals surface area (Å²) in [5.74, 6) is -0.711. The number of fused-ring (bicyclic) bond motifs is 8. The Morgan fingerprint density at radius 2 is 0.692 bits per heavy atom. The summed E-state index contributed by atoms with van der Waals surface area (Å²) in [5, 5.41) is 6.27. The van der Waals surface area contributed by atoms with E-state index < -0.39 is 0 Å². The Bertz CT molecular complexity index is 2020. The van der Waals surface area contributed by atoms with Gasteiger partial charge in [-0.2, -0.15) is 0 Å². The van der Waals surface area contributed by atoms with Crippen LogP contribution in [0.3, 0.4) is 0 Å². The molecule has 7 aliphatic rings. The summed E-state index contributed by atoms with van der Waals surface area (Å²) >= 11 is 0. The summed E-state index contributed by atoms with van der Waals surface area (Å²) in [5.41, 5.74) is 14.6. The van der Waals surface area contributed by atoms with E-state index >= 15 is 0 Å². The molecule has 4 heteroatoms. The first kappa shape index (κ1) is 31.4. The third kappa shape index (κ3) is 4.45. The van der Waals surface area contributed by atoms with Crippen molar-refractivity contribution in [1.29, 1.82) is 0 Å². The zero-order valence-corrected chi connectivity index (χ0v) is 30.5. The van der Waals surface area contributed by atoms with Gasteiger partial charge in [0, 0.05) is 0 Å². The largest absolute Gasteiger partial charge is 0.354 e. The molecule has 0 aromatic heterocycles. The molecule has 0 atom stereocenters. The van der Waals surface area contributed by atoms with Crippen LogP contribution in [-0.2, 0) is 21.7 Å². The summed E-state index contributed by atoms with van der Waals surface area (Å²) in [6.07, 6.45) is 23.9. The molecular formula is C48H50N2O2. The van der Waals surface area contributed by atoms with Crippen molar-refractivity contribution in [2.24, 2.45) is 0 Å². The molecular weight excluding hydrogens is 637 g/mol. The molecule has 4 fully saturated rings. The van der Waals surface area contributed by atoms with Crippen molar-refractivity contribution in [3.63, 3.8) is 0 Å². The van der Waals surface area contributed by atoms with Crippen LogP contribution in [-0.4, -0.2) is 11.8 Å². The lowest BCUT2D eigenvalue weighted by atomic mass is 9.75. The normalized spacial score (nSPS) is 23.8. The van der Waals surface area contributed by atoms with Crippen LogP contribution in [0.4, 0.5) is 11.4 Å². The zero-order chi connectivity index (χ0) is 34.7. The molecule has 4 aromatic rings. The first-order valence-corrected chi connectivity index (χ1v) is 20.6. The molecule has 0 unspecified atom stereocenters. The summed E-state index contributed by atoms with van der Waals surface area (Å²) < 4.78 is 0. The molecule has 2 amide bonds. The van der Waals surface area contributed by atoms with Gasteiger partial charge in [-0.3, -0.25) is 14.9 Å². The third-order valence-electron chi connectivity index (χ3n) is 15.6. The van der Waals surface area contributed by atoms with Gasteiger partial charge in [0.1, 0.15) is 0 Å². The Labute approximate surface area is 308 Å². The van der Waals surface area contributed by atoms with Crippen LogP contribution in [0.2, 0.25) is 0 Å². The Hall–Kier alpha value is -4.18. The second kappa shape index (κ2) is 11.2. The van der Waals surface area contributed by atoms with Gasteiger partial charge < -0.3 is 5.32 Å². The lowest BCUT2D eigenvalue weighted by Gasteiger charge is -2.29. The highest BCUT2D eigenvalue weighted by Gasteiger charge is 2.55. The van der Waals surface area contributed by atoms with Crippen molar-refractivity contribution < 1.29 is 9.59 Å². The number of carbonyl (C=O) groups is 2. The first-order chi connectivity index (χ1) is 25.4. The molecule has 4 nitrogen and oxygen atoms in total. The first-order valence-electron chi connectivity index (χ1n) is 20.6. The number of rotatable bonds is 2. The van der Waals surface area contributed by atoms with Gasteiger partial charge in [0.05, 0.1) is 22.5 Å². The minimum absolute atomic E-state index is 0.322. The van der Waals surface area contributed by atoms with Crippen LogP contribution in [0.5, 0.6) is 0 Å². The van der Waals surface area contributed by atoms with Crippen molar-refractivity contribution in [1.82, 2.24) is 5.32 Å². The van der Waals surface area contributed by atoms with Crippen molar-refractivity contribution in [2.45, 2.75) is 137 Å². The van der Waals surface area contributed by atoms with Gasteiger partial charge in [-0.25, -0.2) is 0 Å². The van der Waals surface area contributed by atoms with E-state index in [2.05, 4.69) is 59.2 Å². The average Bonchev–Trinajstić information content (AvgIpc) is 4.04. The minimum atomic E-state index is -0.355. The molecule has 0 bridgehead atoms. The number of imide groups is 1. The van der Waals surface area contributed by atoms with Crippen molar-refractivity contribution in [2.75, 3.05) is 5.32 Å². The molecule has 4 spiro atoms. The maximum absolute atomic E-state index is 13.8. The summed E-state index contributed by atoms with van der Waals surface area (Å²) in [7, 11) is 0. The SMILES string of the molecule is O=C1NC(=O)c2cc(-c3ccc4c(c3)C3(CCCC3)CC43CCCC3)ccc2Nc2ccc(-c3ccc4c(c3)C3(CCCC3)CC43CCCC3)cc21. The quantitative estimate of drug-likeness (QED) is 0.206. The summed E-state index contributed by atoms with van der Waals surface area (Å²) in [4.78, 5) is 27.6. The molecule has 4 saturated carbocycles. The average molecular weight is 687 g/mol. The number of benzene rings is 4. The van der Waals surface area contributed by atoms with Gasteiger partial charge in [-0.1, -0.05) is 99.9 Å². The topological polar surface area (TPSA) is 58.2 Å². The standard InChI is InChI=1S/C48H50N2O2/c51-43-35-25-31(33-9-13-37-39(27-33)47(21-5-6-22-47)29-45(37)17-1-2-18-45)11-15-41(35)49-42-16-12-32(26-36(42)44(52)50-43)34-10-14-38-40(28-34)48(23-7-8-24-48)30-46(38)19-3-4-20-46/h9-16,25-28,49H,1-8,17-24,29-30H2,(H,50,51,52). The molecule has 0 saturated heterocycles. The molecule has 52 heavy (non-hydrogen) atoms.